The first-order valence-corrected chi connectivity index (χ1v) is 12.7. The second-order valence-corrected chi connectivity index (χ2v) is 12.3. The predicted molar refractivity (Wildman–Crippen MR) is 126 cm³/mol. The van der Waals surface area contributed by atoms with Gasteiger partial charge in [-0.3, -0.25) is 4.68 Å². The van der Waals surface area contributed by atoms with Crippen LogP contribution >= 0.6 is 0 Å². The summed E-state index contributed by atoms with van der Waals surface area (Å²) in [6.45, 7) is 11.1. The van der Waals surface area contributed by atoms with E-state index in [0.717, 1.165) is 17.7 Å². The number of aromatic nitrogens is 2. The molecular formula is C26H41N3O4. The Balaban J connectivity index is 1.40. The van der Waals surface area contributed by atoms with E-state index >= 15 is 0 Å². The van der Waals surface area contributed by atoms with Crippen LogP contribution in [-0.4, -0.2) is 44.6 Å². The lowest BCUT2D eigenvalue weighted by Crippen LogP contribution is -2.47. The van der Waals surface area contributed by atoms with Gasteiger partial charge < -0.3 is 9.47 Å². The second-order valence-electron chi connectivity index (χ2n) is 12.3. The molecule has 7 heteroatoms. The van der Waals surface area contributed by atoms with Crippen molar-refractivity contribution in [3.63, 3.8) is 0 Å². The van der Waals surface area contributed by atoms with Gasteiger partial charge in [-0.2, -0.15) is 5.10 Å². The van der Waals surface area contributed by atoms with E-state index in [1.165, 1.54) is 49.8 Å². The molecule has 1 aromatic heterocycles. The fourth-order valence-electron chi connectivity index (χ4n) is 5.01. The zero-order valence-corrected chi connectivity index (χ0v) is 21.2. The first-order chi connectivity index (χ1) is 15.4. The molecule has 0 aromatic carbocycles. The fraction of sp³-hybridized carbons (Fsp3) is 0.808. The number of imide groups is 1. The number of carbonyl (C=O) groups is 2. The quantitative estimate of drug-likeness (QED) is 0.500. The molecule has 0 saturated heterocycles. The second kappa shape index (κ2) is 8.95. The molecule has 3 saturated carbocycles. The molecule has 0 N–H and O–H groups in total. The lowest BCUT2D eigenvalue weighted by Gasteiger charge is -2.38. The summed E-state index contributed by atoms with van der Waals surface area (Å²) in [5.41, 5.74) is 1.48. The summed E-state index contributed by atoms with van der Waals surface area (Å²) in [5, 5.41) is 5.04. The molecule has 0 aliphatic heterocycles. The number of hydrogen-bond donors (Lipinski definition) is 0. The average Bonchev–Trinajstić information content (AvgIpc) is 3.16. The summed E-state index contributed by atoms with van der Waals surface area (Å²) in [4.78, 5) is 26.7. The van der Waals surface area contributed by atoms with Crippen LogP contribution in [0.4, 0.5) is 9.59 Å². The monoisotopic (exact) mass is 459 g/mol. The van der Waals surface area contributed by atoms with Gasteiger partial charge >= 0.3 is 12.2 Å². The van der Waals surface area contributed by atoms with Crippen molar-refractivity contribution in [3.8, 4) is 0 Å². The number of hydrogen-bond acceptors (Lipinski definition) is 5. The lowest BCUT2D eigenvalue weighted by atomic mass is 9.80. The van der Waals surface area contributed by atoms with Crippen LogP contribution in [0.25, 0.3) is 0 Å². The molecule has 2 amide bonds. The Kier molecular flexibility index (Phi) is 6.53. The topological polar surface area (TPSA) is 73.7 Å². The van der Waals surface area contributed by atoms with Crippen molar-refractivity contribution in [3.05, 3.63) is 17.5 Å². The van der Waals surface area contributed by atoms with E-state index in [1.54, 1.807) is 41.5 Å². The van der Waals surface area contributed by atoms with Gasteiger partial charge in [0.25, 0.3) is 0 Å². The first kappa shape index (κ1) is 24.1. The predicted octanol–water partition coefficient (Wildman–Crippen LogP) is 6.54. The maximum Gasteiger partial charge on any atom is 0.419 e. The zero-order chi connectivity index (χ0) is 24.0. The van der Waals surface area contributed by atoms with Gasteiger partial charge in [0, 0.05) is 18.7 Å². The highest BCUT2D eigenvalue weighted by Crippen LogP contribution is 2.47. The van der Waals surface area contributed by atoms with Gasteiger partial charge in [-0.15, -0.1) is 0 Å². The van der Waals surface area contributed by atoms with E-state index in [-0.39, 0.29) is 5.92 Å². The molecule has 1 aromatic rings. The third kappa shape index (κ3) is 6.10. The Morgan fingerprint density at radius 1 is 0.939 bits per heavy atom. The Morgan fingerprint density at radius 2 is 1.48 bits per heavy atom. The minimum absolute atomic E-state index is 0.221. The maximum atomic E-state index is 12.8. The van der Waals surface area contributed by atoms with Crippen molar-refractivity contribution in [2.24, 2.45) is 5.92 Å². The first-order valence-electron chi connectivity index (χ1n) is 12.7. The molecule has 0 spiro atoms. The van der Waals surface area contributed by atoms with E-state index in [0.29, 0.717) is 24.4 Å². The van der Waals surface area contributed by atoms with Crippen molar-refractivity contribution in [1.29, 1.82) is 0 Å². The molecule has 4 rings (SSSR count). The molecule has 0 radical (unpaired) electrons. The molecule has 7 nitrogen and oxygen atoms in total. The molecule has 0 atom stereocenters. The highest BCUT2D eigenvalue weighted by Gasteiger charge is 2.40. The van der Waals surface area contributed by atoms with Gasteiger partial charge in [-0.1, -0.05) is 12.8 Å². The number of carbonyl (C=O) groups excluding carboxylic acids is 2. The van der Waals surface area contributed by atoms with Crippen LogP contribution in [-0.2, 0) is 9.47 Å². The maximum absolute atomic E-state index is 12.8. The Bertz CT molecular complexity index is 835. The van der Waals surface area contributed by atoms with Crippen LogP contribution in [0, 0.1) is 5.92 Å². The highest BCUT2D eigenvalue weighted by molar-refractivity contribution is 5.88. The van der Waals surface area contributed by atoms with Gasteiger partial charge in [0.05, 0.1) is 11.7 Å². The molecule has 184 valence electrons. The van der Waals surface area contributed by atoms with Crippen LogP contribution in [0.5, 0.6) is 0 Å². The number of nitrogens with zero attached hydrogens (tertiary/aromatic N) is 3. The van der Waals surface area contributed by atoms with E-state index in [9.17, 15) is 9.59 Å². The van der Waals surface area contributed by atoms with Crippen LogP contribution in [0.15, 0.2) is 6.20 Å². The van der Waals surface area contributed by atoms with Crippen molar-refractivity contribution in [1.82, 2.24) is 14.7 Å². The third-order valence-corrected chi connectivity index (χ3v) is 6.80. The van der Waals surface area contributed by atoms with E-state index in [4.69, 9.17) is 14.6 Å². The van der Waals surface area contributed by atoms with Gasteiger partial charge in [-0.25, -0.2) is 14.5 Å². The molecule has 3 aliphatic carbocycles. The molecule has 0 unspecified atom stereocenters. The average molecular weight is 460 g/mol. The standard InChI is InChI=1S/C26H41N3O4/c1-25(2,3)32-23(30)28(24(31)33-26(4,5)6)15-17-13-20(14-17)29-16-21(18-9-7-8-10-18)22(27-29)19-11-12-19/h16-20H,7-15H2,1-6H3. The molecular weight excluding hydrogens is 418 g/mol. The minimum Gasteiger partial charge on any atom is -0.443 e. The summed E-state index contributed by atoms with van der Waals surface area (Å²) >= 11 is 0. The third-order valence-electron chi connectivity index (χ3n) is 6.80. The van der Waals surface area contributed by atoms with E-state index in [2.05, 4.69) is 10.9 Å². The SMILES string of the molecule is CC(C)(C)OC(=O)N(CC1CC(n2cc(C3CCCC3)c(C3CC3)n2)C1)C(=O)OC(C)(C)C. The summed E-state index contributed by atoms with van der Waals surface area (Å²) < 4.78 is 13.2. The normalized spacial score (nSPS) is 23.8. The van der Waals surface area contributed by atoms with Crippen molar-refractivity contribution >= 4 is 12.2 Å². The summed E-state index contributed by atoms with van der Waals surface area (Å²) in [7, 11) is 0. The summed E-state index contributed by atoms with van der Waals surface area (Å²) in [6, 6.07) is 0.335. The van der Waals surface area contributed by atoms with Crippen molar-refractivity contribution in [2.45, 2.75) is 122 Å². The Morgan fingerprint density at radius 3 is 1.97 bits per heavy atom. The molecule has 1 heterocycles. The Labute approximate surface area is 198 Å². The van der Waals surface area contributed by atoms with E-state index < -0.39 is 23.4 Å². The molecule has 33 heavy (non-hydrogen) atoms. The number of amides is 2. The lowest BCUT2D eigenvalue weighted by molar-refractivity contribution is -0.00641. The largest absolute Gasteiger partial charge is 0.443 e. The van der Waals surface area contributed by atoms with Crippen LogP contribution < -0.4 is 0 Å². The zero-order valence-electron chi connectivity index (χ0n) is 21.2. The van der Waals surface area contributed by atoms with Gasteiger partial charge in [-0.05, 0) is 97.5 Å². The summed E-state index contributed by atoms with van der Waals surface area (Å²) in [6.07, 6.45) is 10.6. The smallest absolute Gasteiger partial charge is 0.419 e. The number of ether oxygens (including phenoxy) is 2. The van der Waals surface area contributed by atoms with Gasteiger partial charge in [0.1, 0.15) is 11.2 Å². The van der Waals surface area contributed by atoms with Crippen LogP contribution in [0.3, 0.4) is 0 Å². The van der Waals surface area contributed by atoms with Crippen LogP contribution in [0.1, 0.15) is 122 Å². The minimum atomic E-state index is -0.676. The molecule has 3 aliphatic rings. The van der Waals surface area contributed by atoms with Gasteiger partial charge in [0.15, 0.2) is 0 Å². The summed E-state index contributed by atoms with van der Waals surface area (Å²) in [5.74, 6) is 1.56. The highest BCUT2D eigenvalue weighted by atomic mass is 16.6. The number of rotatable bonds is 5. The molecule has 0 bridgehead atoms. The van der Waals surface area contributed by atoms with Gasteiger partial charge in [0.2, 0.25) is 0 Å². The van der Waals surface area contributed by atoms with Crippen molar-refractivity contribution < 1.29 is 19.1 Å². The van der Waals surface area contributed by atoms with Crippen LogP contribution in [0.2, 0.25) is 0 Å². The van der Waals surface area contributed by atoms with E-state index in [1.807, 2.05) is 0 Å². The Hall–Kier alpha value is -2.05. The fourth-order valence-corrected chi connectivity index (χ4v) is 5.01. The molecule has 3 fully saturated rings. The van der Waals surface area contributed by atoms with Crippen molar-refractivity contribution in [2.75, 3.05) is 6.54 Å².